The van der Waals surface area contributed by atoms with E-state index in [1.165, 1.54) is 37.9 Å². The van der Waals surface area contributed by atoms with Gasteiger partial charge < -0.3 is 9.72 Å². The van der Waals surface area contributed by atoms with Crippen molar-refractivity contribution in [3.63, 3.8) is 0 Å². The highest BCUT2D eigenvalue weighted by Crippen LogP contribution is 2.35. The number of likely N-dealkylation sites (tertiary alicyclic amines) is 1. The molecule has 1 aliphatic heterocycles. The van der Waals surface area contributed by atoms with Crippen molar-refractivity contribution < 1.29 is 0 Å². The molecule has 2 aliphatic rings. The maximum absolute atomic E-state index is 4.87. The van der Waals surface area contributed by atoms with E-state index in [-0.39, 0.29) is 0 Å². The first-order valence-electron chi connectivity index (χ1n) is 8.18. The molecule has 2 unspecified atom stereocenters. The second-order valence-corrected chi connectivity index (χ2v) is 6.64. The van der Waals surface area contributed by atoms with Crippen LogP contribution in [-0.4, -0.2) is 40.5 Å². The van der Waals surface area contributed by atoms with Crippen molar-refractivity contribution in [2.75, 3.05) is 20.1 Å². The van der Waals surface area contributed by atoms with Gasteiger partial charge in [-0.05, 0) is 57.3 Å². The summed E-state index contributed by atoms with van der Waals surface area (Å²) >= 11 is 0. The molecule has 4 rings (SSSR count). The summed E-state index contributed by atoms with van der Waals surface area (Å²) in [6, 6.07) is 7.45. The Kier molecular flexibility index (Phi) is 3.43. The molecule has 2 fully saturated rings. The molecule has 1 saturated carbocycles. The highest BCUT2D eigenvalue weighted by Gasteiger charge is 2.33. The maximum Gasteiger partial charge on any atom is 0.137 e. The van der Waals surface area contributed by atoms with Crippen LogP contribution in [0.3, 0.4) is 0 Å². The second kappa shape index (κ2) is 5.43. The number of aromatic nitrogens is 2. The Hall–Kier alpha value is -1.39. The molecule has 0 aromatic carbocycles. The van der Waals surface area contributed by atoms with Crippen molar-refractivity contribution in [2.24, 2.45) is 5.92 Å². The molecular weight excluding hydrogens is 260 g/mol. The van der Waals surface area contributed by atoms with Gasteiger partial charge in [-0.1, -0.05) is 6.07 Å². The Labute approximate surface area is 126 Å². The van der Waals surface area contributed by atoms with E-state index in [9.17, 15) is 0 Å². The molecule has 2 aromatic heterocycles. The number of pyridine rings is 1. The standard InChI is InChI=1S/C17H24N4/c1-20-9-4-5-13(11-18-14-7-8-14)17(20)15-12-21-10-3-2-6-16(21)19-15/h2-3,6,10,12-14,17-18H,4-5,7-9,11H2,1H3. The molecule has 0 bridgehead atoms. The van der Waals surface area contributed by atoms with Crippen LogP contribution in [0.4, 0.5) is 0 Å². The highest BCUT2D eigenvalue weighted by atomic mass is 15.2. The summed E-state index contributed by atoms with van der Waals surface area (Å²) in [5.41, 5.74) is 2.28. The molecule has 21 heavy (non-hydrogen) atoms. The molecule has 1 saturated heterocycles. The fraction of sp³-hybridized carbons (Fsp3) is 0.588. The molecule has 0 spiro atoms. The van der Waals surface area contributed by atoms with Crippen molar-refractivity contribution >= 4 is 5.65 Å². The first kappa shape index (κ1) is 13.3. The van der Waals surface area contributed by atoms with E-state index in [4.69, 9.17) is 4.98 Å². The third kappa shape index (κ3) is 2.70. The van der Waals surface area contributed by atoms with Gasteiger partial charge in [0.25, 0.3) is 0 Å². The van der Waals surface area contributed by atoms with Crippen LogP contribution in [0, 0.1) is 5.92 Å². The quantitative estimate of drug-likeness (QED) is 0.936. The van der Waals surface area contributed by atoms with Crippen molar-refractivity contribution in [1.82, 2.24) is 19.6 Å². The first-order valence-corrected chi connectivity index (χ1v) is 8.18. The van der Waals surface area contributed by atoms with Crippen LogP contribution in [0.2, 0.25) is 0 Å². The summed E-state index contributed by atoms with van der Waals surface area (Å²) < 4.78 is 2.14. The fourth-order valence-electron chi connectivity index (χ4n) is 3.64. The van der Waals surface area contributed by atoms with E-state index in [1.807, 2.05) is 0 Å². The lowest BCUT2D eigenvalue weighted by atomic mass is 9.87. The number of imidazole rings is 1. The van der Waals surface area contributed by atoms with Gasteiger partial charge in [-0.25, -0.2) is 4.98 Å². The molecule has 4 heteroatoms. The number of hydrogen-bond acceptors (Lipinski definition) is 3. The second-order valence-electron chi connectivity index (χ2n) is 6.64. The zero-order chi connectivity index (χ0) is 14.2. The number of fused-ring (bicyclic) bond motifs is 1. The molecule has 112 valence electrons. The van der Waals surface area contributed by atoms with E-state index in [2.05, 4.69) is 52.3 Å². The lowest BCUT2D eigenvalue weighted by molar-refractivity contribution is 0.116. The third-order valence-corrected chi connectivity index (χ3v) is 4.94. The van der Waals surface area contributed by atoms with Crippen molar-refractivity contribution in [3.05, 3.63) is 36.3 Å². The maximum atomic E-state index is 4.87. The zero-order valence-corrected chi connectivity index (χ0v) is 12.7. The van der Waals surface area contributed by atoms with E-state index in [1.54, 1.807) is 0 Å². The molecule has 4 nitrogen and oxygen atoms in total. The SMILES string of the molecule is CN1CCCC(CNC2CC2)C1c1cn2ccccc2n1. The minimum Gasteiger partial charge on any atom is -0.314 e. The summed E-state index contributed by atoms with van der Waals surface area (Å²) in [6.07, 6.45) is 9.64. The van der Waals surface area contributed by atoms with Gasteiger partial charge in [0, 0.05) is 25.0 Å². The predicted octanol–water partition coefficient (Wildman–Crippen LogP) is 2.47. The van der Waals surface area contributed by atoms with Crippen LogP contribution in [0.5, 0.6) is 0 Å². The van der Waals surface area contributed by atoms with Crippen LogP contribution in [-0.2, 0) is 0 Å². The van der Waals surface area contributed by atoms with Gasteiger partial charge in [-0.2, -0.15) is 0 Å². The van der Waals surface area contributed by atoms with Crippen LogP contribution in [0.1, 0.15) is 37.4 Å². The Morgan fingerprint density at radius 1 is 1.29 bits per heavy atom. The minimum absolute atomic E-state index is 0.449. The number of rotatable bonds is 4. The van der Waals surface area contributed by atoms with E-state index >= 15 is 0 Å². The Bertz CT molecular complexity index is 583. The van der Waals surface area contributed by atoms with Gasteiger partial charge in [-0.3, -0.25) is 4.90 Å². The number of piperidine rings is 1. The van der Waals surface area contributed by atoms with E-state index < -0.39 is 0 Å². The Balaban J connectivity index is 1.60. The number of nitrogens with one attached hydrogen (secondary N) is 1. The number of nitrogens with zero attached hydrogens (tertiary/aromatic N) is 3. The monoisotopic (exact) mass is 284 g/mol. The summed E-state index contributed by atoms with van der Waals surface area (Å²) in [5.74, 6) is 0.675. The molecule has 2 aromatic rings. The van der Waals surface area contributed by atoms with Gasteiger partial charge in [0.2, 0.25) is 0 Å². The molecule has 1 N–H and O–H groups in total. The molecule has 3 heterocycles. The topological polar surface area (TPSA) is 32.6 Å². The summed E-state index contributed by atoms with van der Waals surface area (Å²) in [6.45, 7) is 2.31. The van der Waals surface area contributed by atoms with Crippen molar-refractivity contribution in [1.29, 1.82) is 0 Å². The van der Waals surface area contributed by atoms with Crippen LogP contribution in [0.15, 0.2) is 30.6 Å². The van der Waals surface area contributed by atoms with Gasteiger partial charge in [0.15, 0.2) is 0 Å². The van der Waals surface area contributed by atoms with Gasteiger partial charge in [-0.15, -0.1) is 0 Å². The molecule has 2 atom stereocenters. The summed E-state index contributed by atoms with van der Waals surface area (Å²) in [5, 5.41) is 3.72. The molecule has 0 amide bonds. The largest absolute Gasteiger partial charge is 0.314 e. The van der Waals surface area contributed by atoms with Gasteiger partial charge in [0.1, 0.15) is 5.65 Å². The van der Waals surface area contributed by atoms with Crippen LogP contribution in [0.25, 0.3) is 5.65 Å². The Morgan fingerprint density at radius 2 is 2.19 bits per heavy atom. The van der Waals surface area contributed by atoms with E-state index in [0.717, 1.165) is 18.2 Å². The summed E-state index contributed by atoms with van der Waals surface area (Å²) in [7, 11) is 2.25. The fourth-order valence-corrected chi connectivity index (χ4v) is 3.64. The smallest absolute Gasteiger partial charge is 0.137 e. The normalized spacial score (nSPS) is 27.3. The average molecular weight is 284 g/mol. The van der Waals surface area contributed by atoms with E-state index in [0.29, 0.717) is 12.0 Å². The highest BCUT2D eigenvalue weighted by molar-refractivity contribution is 5.40. The zero-order valence-electron chi connectivity index (χ0n) is 12.7. The van der Waals surface area contributed by atoms with Crippen LogP contribution < -0.4 is 5.32 Å². The summed E-state index contributed by atoms with van der Waals surface area (Å²) in [4.78, 5) is 7.36. The minimum atomic E-state index is 0.449. The molecular formula is C17H24N4. The predicted molar refractivity (Wildman–Crippen MR) is 84.3 cm³/mol. The average Bonchev–Trinajstić information content (AvgIpc) is 3.22. The van der Waals surface area contributed by atoms with Gasteiger partial charge in [0.05, 0.1) is 11.7 Å². The first-order chi connectivity index (χ1) is 10.3. The van der Waals surface area contributed by atoms with Crippen molar-refractivity contribution in [2.45, 2.75) is 37.8 Å². The van der Waals surface area contributed by atoms with Gasteiger partial charge >= 0.3 is 0 Å². The van der Waals surface area contributed by atoms with Crippen molar-refractivity contribution in [3.8, 4) is 0 Å². The number of hydrogen-bond donors (Lipinski definition) is 1. The molecule has 0 radical (unpaired) electrons. The lowest BCUT2D eigenvalue weighted by Gasteiger charge is -2.38. The molecule has 1 aliphatic carbocycles. The van der Waals surface area contributed by atoms with Crippen LogP contribution >= 0.6 is 0 Å². The third-order valence-electron chi connectivity index (χ3n) is 4.94. The lowest BCUT2D eigenvalue weighted by Crippen LogP contribution is -2.41. The Morgan fingerprint density at radius 3 is 3.00 bits per heavy atom.